The van der Waals surface area contributed by atoms with Crippen molar-refractivity contribution >= 4 is 57.2 Å². The number of anilines is 2. The number of pyridine rings is 1. The number of benzene rings is 1. The topological polar surface area (TPSA) is 147 Å². The number of ether oxygens (including phenoxy) is 1. The van der Waals surface area contributed by atoms with Gasteiger partial charge in [-0.1, -0.05) is 60.7 Å². The number of nitrogens with one attached hydrogen (secondary N) is 1. The van der Waals surface area contributed by atoms with Gasteiger partial charge in [0.2, 0.25) is 11.0 Å². The molecule has 0 saturated heterocycles. The minimum Gasteiger partial charge on any atom is -0.494 e. The molecule has 2 aromatic heterocycles. The van der Waals surface area contributed by atoms with Crippen molar-refractivity contribution in [3.8, 4) is 11.8 Å². The first-order valence-corrected chi connectivity index (χ1v) is 15.4. The molecule has 13 heteroatoms. The highest BCUT2D eigenvalue weighted by atomic mass is 35.5. The molecule has 3 N–H and O–H groups in total. The third kappa shape index (κ3) is 5.99. The van der Waals surface area contributed by atoms with Gasteiger partial charge in [0, 0.05) is 23.9 Å². The molecule has 1 aliphatic heterocycles. The summed E-state index contributed by atoms with van der Waals surface area (Å²) in [6.45, 7) is 6.51. The van der Waals surface area contributed by atoms with Gasteiger partial charge in [-0.15, -0.1) is 10.2 Å². The number of amides is 1. The second kappa shape index (κ2) is 12.1. The second-order valence-corrected chi connectivity index (χ2v) is 13.0. The Morgan fingerprint density at radius 2 is 2.05 bits per heavy atom. The summed E-state index contributed by atoms with van der Waals surface area (Å²) in [5.74, 6) is 0.0560. The number of carbonyl (C=O) groups is 2. The van der Waals surface area contributed by atoms with Crippen LogP contribution in [-0.4, -0.2) is 39.2 Å². The maximum absolute atomic E-state index is 13.7. The number of halogens is 1. The van der Waals surface area contributed by atoms with Gasteiger partial charge in [-0.2, -0.15) is 5.26 Å². The predicted octanol–water partition coefficient (Wildman–Crippen LogP) is 5.66. The molecule has 5 rings (SSSR count). The van der Waals surface area contributed by atoms with Crippen LogP contribution >= 0.6 is 34.7 Å². The van der Waals surface area contributed by atoms with Gasteiger partial charge in [-0.3, -0.25) is 14.5 Å². The summed E-state index contributed by atoms with van der Waals surface area (Å²) >= 11 is 8.47. The van der Waals surface area contributed by atoms with E-state index >= 15 is 0 Å². The number of allylic oxidation sites excluding steroid dienone is 3. The van der Waals surface area contributed by atoms with Crippen molar-refractivity contribution in [3.63, 3.8) is 0 Å². The lowest BCUT2D eigenvalue weighted by Crippen LogP contribution is -2.42. The molecule has 0 saturated carbocycles. The number of nitrogens with two attached hydrogens (primary N) is 1. The van der Waals surface area contributed by atoms with E-state index in [4.69, 9.17) is 22.1 Å². The number of ketones is 1. The standard InChI is InChI=1S/C29H28ClN7O3S2/c1-4-40-17-9-7-16(8-10-17)23-18(14-31)26(32)37(20-12-29(2,3)13-21(38)24(20)23)27-35-36-28(42-27)41-15-22(39)34-19-6-5-11-33-25(19)30/h5-11,23H,4,12-13,15,32H2,1-3H3,(H,34,39). The number of rotatable bonds is 8. The number of carbonyl (C=O) groups excluding carboxylic acids is 2. The molecule has 10 nitrogen and oxygen atoms in total. The van der Waals surface area contributed by atoms with E-state index in [-0.39, 0.29) is 39.4 Å². The molecule has 2 aliphatic rings. The minimum absolute atomic E-state index is 0.0322. The first kappa shape index (κ1) is 29.6. The molecular weight excluding hydrogens is 594 g/mol. The van der Waals surface area contributed by atoms with Crippen molar-refractivity contribution in [2.75, 3.05) is 22.6 Å². The fraction of sp³-hybridized carbons (Fsp3) is 0.310. The highest BCUT2D eigenvalue weighted by Gasteiger charge is 2.45. The van der Waals surface area contributed by atoms with Crippen molar-refractivity contribution in [1.29, 1.82) is 5.26 Å². The lowest BCUT2D eigenvalue weighted by Gasteiger charge is -2.42. The van der Waals surface area contributed by atoms with Crippen molar-refractivity contribution in [2.24, 2.45) is 11.1 Å². The van der Waals surface area contributed by atoms with Gasteiger partial charge < -0.3 is 15.8 Å². The summed E-state index contributed by atoms with van der Waals surface area (Å²) in [7, 11) is 0. The normalized spacial score (nSPS) is 18.0. The monoisotopic (exact) mass is 621 g/mol. The number of hydrogen-bond acceptors (Lipinski definition) is 11. The van der Waals surface area contributed by atoms with Gasteiger partial charge >= 0.3 is 0 Å². The Balaban J connectivity index is 1.46. The molecule has 1 amide bonds. The van der Waals surface area contributed by atoms with Crippen LogP contribution in [0.1, 0.15) is 45.1 Å². The van der Waals surface area contributed by atoms with Crippen molar-refractivity contribution in [1.82, 2.24) is 15.2 Å². The first-order valence-electron chi connectivity index (χ1n) is 13.2. The van der Waals surface area contributed by atoms with Gasteiger partial charge in [-0.05, 0) is 48.6 Å². The van der Waals surface area contributed by atoms with Gasteiger partial charge in [-0.25, -0.2) is 4.98 Å². The van der Waals surface area contributed by atoms with E-state index in [0.29, 0.717) is 51.6 Å². The molecule has 0 spiro atoms. The van der Waals surface area contributed by atoms with Crippen LogP contribution in [-0.2, 0) is 9.59 Å². The largest absolute Gasteiger partial charge is 0.494 e. The van der Waals surface area contributed by atoms with Crippen molar-refractivity contribution in [3.05, 3.63) is 76.0 Å². The zero-order valence-electron chi connectivity index (χ0n) is 23.2. The zero-order valence-corrected chi connectivity index (χ0v) is 25.6. The summed E-state index contributed by atoms with van der Waals surface area (Å²) in [6.07, 6.45) is 2.44. The van der Waals surface area contributed by atoms with Crippen LogP contribution < -0.4 is 20.7 Å². The Labute approximate surface area is 256 Å². The number of nitriles is 1. The second-order valence-electron chi connectivity index (χ2n) is 10.5. The third-order valence-electron chi connectivity index (χ3n) is 6.85. The molecule has 1 aromatic carbocycles. The highest BCUT2D eigenvalue weighted by Crippen LogP contribution is 2.50. The van der Waals surface area contributed by atoms with Gasteiger partial charge in [0.25, 0.3) is 0 Å². The fourth-order valence-corrected chi connectivity index (χ4v) is 6.98. The van der Waals surface area contributed by atoms with Crippen LogP contribution in [0.25, 0.3) is 0 Å². The van der Waals surface area contributed by atoms with Crippen molar-refractivity contribution < 1.29 is 14.3 Å². The van der Waals surface area contributed by atoms with E-state index < -0.39 is 5.92 Å². The summed E-state index contributed by atoms with van der Waals surface area (Å²) in [5, 5.41) is 22.3. The molecule has 42 heavy (non-hydrogen) atoms. The van der Waals surface area contributed by atoms with Crippen LogP contribution in [0.5, 0.6) is 5.75 Å². The van der Waals surface area contributed by atoms with Gasteiger partial charge in [0.1, 0.15) is 11.6 Å². The van der Waals surface area contributed by atoms with E-state index in [1.807, 2.05) is 45.0 Å². The molecule has 1 unspecified atom stereocenters. The van der Waals surface area contributed by atoms with Gasteiger partial charge in [0.15, 0.2) is 15.3 Å². The molecule has 0 fully saturated rings. The Bertz CT molecular complexity index is 1640. The number of hydrogen-bond donors (Lipinski definition) is 2. The lowest BCUT2D eigenvalue weighted by atomic mass is 9.68. The third-order valence-corrected chi connectivity index (χ3v) is 9.20. The number of aromatic nitrogens is 3. The number of Topliss-reactive ketones (excluding diaryl/α,β-unsaturated/α-hetero) is 1. The number of thioether (sulfide) groups is 1. The van der Waals surface area contributed by atoms with E-state index in [9.17, 15) is 14.9 Å². The molecule has 3 aromatic rings. The summed E-state index contributed by atoms with van der Waals surface area (Å²) in [5.41, 5.74) is 9.11. The van der Waals surface area contributed by atoms with Gasteiger partial charge in [0.05, 0.1) is 35.6 Å². The average Bonchev–Trinajstić information content (AvgIpc) is 3.41. The minimum atomic E-state index is -0.606. The quantitative estimate of drug-likeness (QED) is 0.238. The molecule has 1 atom stereocenters. The molecule has 0 radical (unpaired) electrons. The fourth-order valence-electron chi connectivity index (χ4n) is 5.13. The van der Waals surface area contributed by atoms with E-state index in [1.165, 1.54) is 29.3 Å². The zero-order chi connectivity index (χ0) is 30.0. The van der Waals surface area contributed by atoms with E-state index in [0.717, 1.165) is 5.56 Å². The SMILES string of the molecule is CCOc1ccc(C2C(C#N)=C(N)N(c3nnc(SCC(=O)Nc4cccnc4Cl)s3)C3=C2C(=O)CC(C)(C)C3)cc1. The summed E-state index contributed by atoms with van der Waals surface area (Å²) in [6, 6.07) is 13.0. The van der Waals surface area contributed by atoms with Crippen LogP contribution in [0.4, 0.5) is 10.8 Å². The predicted molar refractivity (Wildman–Crippen MR) is 163 cm³/mol. The molecule has 216 valence electrons. The van der Waals surface area contributed by atoms with Crippen LogP contribution in [0, 0.1) is 16.7 Å². The lowest BCUT2D eigenvalue weighted by molar-refractivity contribution is -0.118. The first-order chi connectivity index (χ1) is 20.1. The van der Waals surface area contributed by atoms with Crippen LogP contribution in [0.2, 0.25) is 5.15 Å². The van der Waals surface area contributed by atoms with Crippen LogP contribution in [0.15, 0.2) is 69.6 Å². The Hall–Kier alpha value is -3.92. The molecule has 1 aliphatic carbocycles. The van der Waals surface area contributed by atoms with Crippen LogP contribution in [0.3, 0.4) is 0 Å². The summed E-state index contributed by atoms with van der Waals surface area (Å²) < 4.78 is 6.11. The van der Waals surface area contributed by atoms with E-state index in [1.54, 1.807) is 17.0 Å². The molecule has 3 heterocycles. The number of nitrogens with zero attached hydrogens (tertiary/aromatic N) is 5. The molecule has 0 bridgehead atoms. The van der Waals surface area contributed by atoms with Crippen molar-refractivity contribution in [2.45, 2.75) is 43.9 Å². The maximum atomic E-state index is 13.7. The molecular formula is C29H28ClN7O3S2. The average molecular weight is 622 g/mol. The Kier molecular flexibility index (Phi) is 8.54. The highest BCUT2D eigenvalue weighted by molar-refractivity contribution is 8.01. The maximum Gasteiger partial charge on any atom is 0.234 e. The Morgan fingerprint density at radius 3 is 2.74 bits per heavy atom. The smallest absolute Gasteiger partial charge is 0.234 e. The Morgan fingerprint density at radius 1 is 1.29 bits per heavy atom. The summed E-state index contributed by atoms with van der Waals surface area (Å²) in [4.78, 5) is 31.9. The van der Waals surface area contributed by atoms with E-state index in [2.05, 4.69) is 26.6 Å².